The number of aliphatic hydroxyl groups is 1. The molecule has 3 heteroatoms. The summed E-state index contributed by atoms with van der Waals surface area (Å²) in [5.41, 5.74) is 3.28. The zero-order valence-electron chi connectivity index (χ0n) is 13.0. The van der Waals surface area contributed by atoms with Crippen LogP contribution in [0, 0.1) is 12.8 Å². The SMILES string of the molecule is Cc1cccc(C(O)CNC(c2cccnc2)C(C)C)c1. The molecule has 1 aromatic carbocycles. The van der Waals surface area contributed by atoms with E-state index < -0.39 is 6.10 Å². The average molecular weight is 284 g/mol. The maximum Gasteiger partial charge on any atom is 0.0914 e. The van der Waals surface area contributed by atoms with Crippen molar-refractivity contribution in [2.75, 3.05) is 6.54 Å². The lowest BCUT2D eigenvalue weighted by Crippen LogP contribution is -2.30. The number of hydrogen-bond acceptors (Lipinski definition) is 3. The first-order valence-electron chi connectivity index (χ1n) is 7.46. The second-order valence-corrected chi connectivity index (χ2v) is 5.85. The molecule has 2 atom stereocenters. The Morgan fingerprint density at radius 2 is 1.90 bits per heavy atom. The number of aliphatic hydroxyl groups excluding tert-OH is 1. The number of nitrogens with zero attached hydrogens (tertiary/aromatic N) is 1. The standard InChI is InChI=1S/C18H24N2O/c1-13(2)18(16-8-5-9-19-11-16)20-12-17(21)15-7-4-6-14(3)10-15/h4-11,13,17-18,20-21H,12H2,1-3H3. The highest BCUT2D eigenvalue weighted by Gasteiger charge is 2.17. The van der Waals surface area contributed by atoms with Crippen molar-refractivity contribution in [3.05, 3.63) is 65.5 Å². The van der Waals surface area contributed by atoms with E-state index in [1.807, 2.05) is 43.5 Å². The summed E-state index contributed by atoms with van der Waals surface area (Å²) >= 11 is 0. The summed E-state index contributed by atoms with van der Waals surface area (Å²) < 4.78 is 0. The summed E-state index contributed by atoms with van der Waals surface area (Å²) in [5, 5.41) is 13.8. The fraction of sp³-hybridized carbons (Fsp3) is 0.389. The van der Waals surface area contributed by atoms with Crippen LogP contribution in [-0.4, -0.2) is 16.6 Å². The van der Waals surface area contributed by atoms with E-state index in [0.717, 1.165) is 11.1 Å². The van der Waals surface area contributed by atoms with Crippen molar-refractivity contribution >= 4 is 0 Å². The summed E-state index contributed by atoms with van der Waals surface area (Å²) in [7, 11) is 0. The Morgan fingerprint density at radius 1 is 1.14 bits per heavy atom. The fourth-order valence-electron chi connectivity index (χ4n) is 2.53. The predicted octanol–water partition coefficient (Wildman–Crippen LogP) is 3.41. The van der Waals surface area contributed by atoms with Gasteiger partial charge < -0.3 is 10.4 Å². The number of pyridine rings is 1. The van der Waals surface area contributed by atoms with Crippen molar-refractivity contribution in [3.8, 4) is 0 Å². The summed E-state index contributed by atoms with van der Waals surface area (Å²) in [6.07, 6.45) is 3.17. The maximum atomic E-state index is 10.3. The largest absolute Gasteiger partial charge is 0.387 e. The number of rotatable bonds is 6. The number of hydrogen-bond donors (Lipinski definition) is 2. The second-order valence-electron chi connectivity index (χ2n) is 5.85. The maximum absolute atomic E-state index is 10.3. The Hall–Kier alpha value is -1.71. The minimum Gasteiger partial charge on any atom is -0.387 e. The minimum absolute atomic E-state index is 0.193. The van der Waals surface area contributed by atoms with E-state index in [9.17, 15) is 5.11 Å². The molecule has 3 nitrogen and oxygen atoms in total. The van der Waals surface area contributed by atoms with Crippen LogP contribution < -0.4 is 5.32 Å². The molecule has 112 valence electrons. The Kier molecular flexibility index (Phi) is 5.48. The first kappa shape index (κ1) is 15.7. The van der Waals surface area contributed by atoms with Crippen molar-refractivity contribution < 1.29 is 5.11 Å². The van der Waals surface area contributed by atoms with Gasteiger partial charge in [-0.25, -0.2) is 0 Å². The molecule has 0 saturated carbocycles. The van der Waals surface area contributed by atoms with Crippen LogP contribution in [0.15, 0.2) is 48.8 Å². The molecule has 2 rings (SSSR count). The highest BCUT2D eigenvalue weighted by atomic mass is 16.3. The topological polar surface area (TPSA) is 45.1 Å². The lowest BCUT2D eigenvalue weighted by molar-refractivity contribution is 0.165. The first-order valence-corrected chi connectivity index (χ1v) is 7.46. The van der Waals surface area contributed by atoms with Gasteiger partial charge in [0, 0.05) is 25.0 Å². The molecule has 0 fully saturated rings. The van der Waals surface area contributed by atoms with Crippen LogP contribution in [0.2, 0.25) is 0 Å². The van der Waals surface area contributed by atoms with Gasteiger partial charge in [0.25, 0.3) is 0 Å². The summed E-state index contributed by atoms with van der Waals surface area (Å²) in [6.45, 7) is 6.91. The highest BCUT2D eigenvalue weighted by molar-refractivity contribution is 5.24. The van der Waals surface area contributed by atoms with Crippen molar-refractivity contribution in [1.82, 2.24) is 10.3 Å². The van der Waals surface area contributed by atoms with Gasteiger partial charge in [-0.05, 0) is 30.0 Å². The number of benzene rings is 1. The van der Waals surface area contributed by atoms with Crippen molar-refractivity contribution in [3.63, 3.8) is 0 Å². The third-order valence-electron chi connectivity index (χ3n) is 3.67. The van der Waals surface area contributed by atoms with Crippen LogP contribution in [0.1, 0.15) is 42.7 Å². The van der Waals surface area contributed by atoms with Crippen molar-refractivity contribution in [2.24, 2.45) is 5.92 Å². The van der Waals surface area contributed by atoms with Gasteiger partial charge in [-0.2, -0.15) is 0 Å². The van der Waals surface area contributed by atoms with Crippen molar-refractivity contribution in [1.29, 1.82) is 0 Å². The van der Waals surface area contributed by atoms with Crippen LogP contribution in [0.5, 0.6) is 0 Å². The number of nitrogens with one attached hydrogen (secondary N) is 1. The summed E-state index contributed by atoms with van der Waals surface area (Å²) in [5.74, 6) is 0.430. The molecule has 0 radical (unpaired) electrons. The molecule has 0 aliphatic rings. The van der Waals surface area contributed by atoms with E-state index in [1.165, 1.54) is 5.56 Å². The van der Waals surface area contributed by atoms with E-state index in [2.05, 4.69) is 30.2 Å². The molecule has 1 aromatic heterocycles. The highest BCUT2D eigenvalue weighted by Crippen LogP contribution is 2.22. The molecule has 2 unspecified atom stereocenters. The third-order valence-corrected chi connectivity index (χ3v) is 3.67. The lowest BCUT2D eigenvalue weighted by Gasteiger charge is -2.24. The van der Waals surface area contributed by atoms with E-state index in [1.54, 1.807) is 6.20 Å². The van der Waals surface area contributed by atoms with Gasteiger partial charge in [-0.3, -0.25) is 4.98 Å². The van der Waals surface area contributed by atoms with Crippen LogP contribution in [-0.2, 0) is 0 Å². The normalized spacial score (nSPS) is 14.1. The quantitative estimate of drug-likeness (QED) is 0.854. The van der Waals surface area contributed by atoms with E-state index >= 15 is 0 Å². The predicted molar refractivity (Wildman–Crippen MR) is 86.0 cm³/mol. The summed E-state index contributed by atoms with van der Waals surface area (Å²) in [6, 6.07) is 12.2. The minimum atomic E-state index is -0.497. The van der Waals surface area contributed by atoms with Gasteiger partial charge in [0.1, 0.15) is 0 Å². The Balaban J connectivity index is 2.02. The molecule has 0 aliphatic carbocycles. The van der Waals surface area contributed by atoms with E-state index in [-0.39, 0.29) is 6.04 Å². The Bertz CT molecular complexity index is 554. The number of aryl methyl sites for hydroxylation is 1. The summed E-state index contributed by atoms with van der Waals surface area (Å²) in [4.78, 5) is 4.18. The molecule has 21 heavy (non-hydrogen) atoms. The van der Waals surface area contributed by atoms with Gasteiger partial charge >= 0.3 is 0 Å². The van der Waals surface area contributed by atoms with E-state index in [4.69, 9.17) is 0 Å². The van der Waals surface area contributed by atoms with Gasteiger partial charge in [0.05, 0.1) is 6.10 Å². The molecule has 0 spiro atoms. The zero-order chi connectivity index (χ0) is 15.2. The van der Waals surface area contributed by atoms with Gasteiger partial charge in [0.2, 0.25) is 0 Å². The molecule has 2 N–H and O–H groups in total. The molecule has 1 heterocycles. The Labute approximate surface area is 127 Å². The molecular weight excluding hydrogens is 260 g/mol. The van der Waals surface area contributed by atoms with E-state index in [0.29, 0.717) is 12.5 Å². The fourth-order valence-corrected chi connectivity index (χ4v) is 2.53. The molecule has 0 aliphatic heterocycles. The average Bonchev–Trinajstić information content (AvgIpc) is 2.48. The molecular formula is C18H24N2O. The monoisotopic (exact) mass is 284 g/mol. The van der Waals surface area contributed by atoms with Crippen molar-refractivity contribution in [2.45, 2.75) is 32.9 Å². The van der Waals surface area contributed by atoms with Gasteiger partial charge in [-0.15, -0.1) is 0 Å². The second kappa shape index (κ2) is 7.34. The first-order chi connectivity index (χ1) is 10.1. The zero-order valence-corrected chi connectivity index (χ0v) is 13.0. The van der Waals surface area contributed by atoms with Gasteiger partial charge in [-0.1, -0.05) is 49.7 Å². The van der Waals surface area contributed by atoms with Crippen LogP contribution in [0.25, 0.3) is 0 Å². The van der Waals surface area contributed by atoms with Crippen LogP contribution in [0.3, 0.4) is 0 Å². The van der Waals surface area contributed by atoms with Gasteiger partial charge in [0.15, 0.2) is 0 Å². The third kappa shape index (κ3) is 4.38. The Morgan fingerprint density at radius 3 is 2.52 bits per heavy atom. The van der Waals surface area contributed by atoms with Crippen LogP contribution in [0.4, 0.5) is 0 Å². The lowest BCUT2D eigenvalue weighted by atomic mass is 9.97. The molecule has 0 saturated heterocycles. The molecule has 2 aromatic rings. The van der Waals surface area contributed by atoms with Crippen LogP contribution >= 0.6 is 0 Å². The molecule has 0 bridgehead atoms. The molecule has 0 amide bonds. The number of aromatic nitrogens is 1. The smallest absolute Gasteiger partial charge is 0.0914 e.